The summed E-state index contributed by atoms with van der Waals surface area (Å²) in [7, 11) is 0. The second kappa shape index (κ2) is 11.6. The van der Waals surface area contributed by atoms with E-state index in [-0.39, 0.29) is 41.1 Å². The molecule has 5 atom stereocenters. The Morgan fingerprint density at radius 1 is 0.921 bits per heavy atom. The summed E-state index contributed by atoms with van der Waals surface area (Å²) in [4.78, 5) is 24.7. The molecule has 0 spiro atoms. The predicted octanol–water partition coefficient (Wildman–Crippen LogP) is -1.54. The average molecular weight is 546 g/mol. The van der Waals surface area contributed by atoms with Gasteiger partial charge in [0.15, 0.2) is 5.78 Å². The number of fused-ring (bicyclic) bond motifs is 1. The number of carboxylic acid groups (broad SMARTS) is 1. The van der Waals surface area contributed by atoms with Crippen LogP contribution in [0.15, 0.2) is 79.0 Å². The molecule has 38 heavy (non-hydrogen) atoms. The van der Waals surface area contributed by atoms with Crippen LogP contribution in [0.25, 0.3) is 16.6 Å². The molecular weight excluding hydrogens is 525 g/mol. The maximum Gasteiger partial charge on any atom is 1.00 e. The van der Waals surface area contributed by atoms with Crippen molar-refractivity contribution in [2.45, 2.75) is 30.7 Å². The van der Waals surface area contributed by atoms with Crippen molar-refractivity contribution in [2.75, 3.05) is 0 Å². The molecule has 11 heteroatoms. The minimum atomic E-state index is -1.92. The third-order valence-electron chi connectivity index (χ3n) is 6.22. The van der Waals surface area contributed by atoms with Gasteiger partial charge in [-0.3, -0.25) is 4.79 Å². The van der Waals surface area contributed by atoms with Crippen LogP contribution in [0.3, 0.4) is 0 Å². The Kier molecular flexibility index (Phi) is 8.61. The Morgan fingerprint density at radius 2 is 1.61 bits per heavy atom. The summed E-state index contributed by atoms with van der Waals surface area (Å²) in [6, 6.07) is 20.7. The molecule has 0 saturated carbocycles. The molecule has 4 aromatic rings. The first-order chi connectivity index (χ1) is 17.8. The molecule has 1 aromatic heterocycles. The Bertz CT molecular complexity index is 1480. The van der Waals surface area contributed by atoms with Crippen LogP contribution in [0.2, 0.25) is 5.02 Å². The maximum absolute atomic E-state index is 13.3. The molecular formula is C27H21ClNNaO8. The second-order valence-corrected chi connectivity index (χ2v) is 9.01. The number of hydrogen-bond acceptors (Lipinski definition) is 8. The smallest absolute Gasteiger partial charge is 0.547 e. The number of carbonyl (C=O) groups excluding carboxylic acids is 2. The van der Waals surface area contributed by atoms with Crippen LogP contribution in [0.5, 0.6) is 5.75 Å². The number of nitrogens with zero attached hydrogens (tertiary/aromatic N) is 1. The van der Waals surface area contributed by atoms with E-state index in [0.717, 1.165) is 0 Å². The van der Waals surface area contributed by atoms with Gasteiger partial charge < -0.3 is 39.3 Å². The molecule has 0 aliphatic carbocycles. The number of ether oxygens (including phenoxy) is 2. The number of carboxylic acids is 1. The van der Waals surface area contributed by atoms with E-state index < -0.39 is 36.7 Å². The first kappa shape index (κ1) is 28.3. The zero-order valence-electron chi connectivity index (χ0n) is 20.1. The summed E-state index contributed by atoms with van der Waals surface area (Å²) in [5.41, 5.74) is 1.98. The van der Waals surface area contributed by atoms with E-state index in [2.05, 4.69) is 0 Å². The number of aliphatic hydroxyl groups excluding tert-OH is 3. The Morgan fingerprint density at radius 3 is 2.32 bits per heavy atom. The van der Waals surface area contributed by atoms with Crippen LogP contribution in [0.4, 0.5) is 0 Å². The van der Waals surface area contributed by atoms with E-state index in [0.29, 0.717) is 32.7 Å². The number of ketones is 1. The van der Waals surface area contributed by atoms with Gasteiger partial charge in [0, 0.05) is 21.5 Å². The molecule has 0 amide bonds. The number of halogens is 1. The van der Waals surface area contributed by atoms with Crippen molar-refractivity contribution >= 4 is 34.3 Å². The van der Waals surface area contributed by atoms with Crippen molar-refractivity contribution in [3.8, 4) is 11.4 Å². The van der Waals surface area contributed by atoms with Gasteiger partial charge in [0.05, 0.1) is 23.4 Å². The summed E-state index contributed by atoms with van der Waals surface area (Å²) in [5.74, 6) is -1.82. The first-order valence-electron chi connectivity index (χ1n) is 11.3. The number of para-hydroxylation sites is 1. The van der Waals surface area contributed by atoms with Crippen molar-refractivity contribution in [2.24, 2.45) is 0 Å². The molecule has 1 saturated heterocycles. The van der Waals surface area contributed by atoms with E-state index in [1.54, 1.807) is 77.5 Å². The Balaban J connectivity index is 0.00000336. The van der Waals surface area contributed by atoms with E-state index >= 15 is 0 Å². The van der Waals surface area contributed by atoms with Gasteiger partial charge >= 0.3 is 29.6 Å². The number of aliphatic carboxylic acids is 1. The van der Waals surface area contributed by atoms with Crippen molar-refractivity contribution in [3.63, 3.8) is 0 Å². The Hall–Kier alpha value is -2.73. The SMILES string of the molecule is O=C(c1ccccc1)c1ccccc1-n1cc(O[C@@H]2O[C@H](C(=O)[O-])[C@@H](O)[C@H](O)[C@H]2O)c2ccc(Cl)cc21.[Na+]. The molecule has 0 radical (unpaired) electrons. The zero-order chi connectivity index (χ0) is 26.3. The van der Waals surface area contributed by atoms with Crippen molar-refractivity contribution in [3.05, 3.63) is 95.1 Å². The maximum atomic E-state index is 13.3. The summed E-state index contributed by atoms with van der Waals surface area (Å²) in [5, 5.41) is 42.8. The molecule has 1 aliphatic rings. The second-order valence-electron chi connectivity index (χ2n) is 8.57. The first-order valence-corrected chi connectivity index (χ1v) is 11.7. The minimum absolute atomic E-state index is 0. The minimum Gasteiger partial charge on any atom is -0.547 e. The van der Waals surface area contributed by atoms with Gasteiger partial charge in [0.1, 0.15) is 30.2 Å². The predicted molar refractivity (Wildman–Crippen MR) is 130 cm³/mol. The topological polar surface area (TPSA) is 141 Å². The van der Waals surface area contributed by atoms with Gasteiger partial charge in [-0.15, -0.1) is 0 Å². The molecule has 2 heterocycles. The van der Waals surface area contributed by atoms with Gasteiger partial charge in [-0.2, -0.15) is 0 Å². The standard InChI is InChI=1S/C27H22ClNO8.Na/c28-15-10-11-16-19(12-15)29(18-9-5-4-8-17(18)21(30)14-6-2-1-3-7-14)13-20(16)36-27-24(33)22(31)23(32)25(37-27)26(34)35;/h1-13,22-25,27,31-33H,(H,34,35);/q;+1/p-1/t22-,23-,24+,25-,27+;/m0./s1. The summed E-state index contributed by atoms with van der Waals surface area (Å²) in [6.07, 6.45) is -7.54. The van der Waals surface area contributed by atoms with Crippen molar-refractivity contribution in [1.29, 1.82) is 0 Å². The van der Waals surface area contributed by atoms with Crippen molar-refractivity contribution in [1.82, 2.24) is 4.57 Å². The zero-order valence-corrected chi connectivity index (χ0v) is 22.9. The fourth-order valence-corrected chi connectivity index (χ4v) is 4.51. The molecule has 0 unspecified atom stereocenters. The molecule has 3 aromatic carbocycles. The van der Waals surface area contributed by atoms with Crippen molar-refractivity contribution < 1.29 is 69.0 Å². The molecule has 9 nitrogen and oxygen atoms in total. The molecule has 1 fully saturated rings. The quantitative estimate of drug-likeness (QED) is 0.195. The van der Waals surface area contributed by atoms with E-state index in [9.17, 15) is 30.0 Å². The number of hydrogen-bond donors (Lipinski definition) is 3. The number of benzene rings is 3. The number of aliphatic hydroxyl groups is 3. The Labute approximate surface area is 244 Å². The molecule has 190 valence electrons. The third-order valence-corrected chi connectivity index (χ3v) is 6.46. The van der Waals surface area contributed by atoms with E-state index in [4.69, 9.17) is 21.1 Å². The summed E-state index contributed by atoms with van der Waals surface area (Å²) >= 11 is 6.27. The van der Waals surface area contributed by atoms with Crippen LogP contribution in [0, 0.1) is 0 Å². The molecule has 3 N–H and O–H groups in total. The van der Waals surface area contributed by atoms with Gasteiger partial charge in [-0.05, 0) is 30.3 Å². The summed E-state index contributed by atoms with van der Waals surface area (Å²) < 4.78 is 12.7. The summed E-state index contributed by atoms with van der Waals surface area (Å²) in [6.45, 7) is 0. The van der Waals surface area contributed by atoms with Crippen LogP contribution in [0.1, 0.15) is 15.9 Å². The van der Waals surface area contributed by atoms with E-state index in [1.807, 2.05) is 6.07 Å². The number of carbonyl (C=O) groups is 2. The third kappa shape index (κ3) is 5.25. The number of rotatable bonds is 6. The van der Waals surface area contributed by atoms with Gasteiger partial charge in [0.2, 0.25) is 6.29 Å². The largest absolute Gasteiger partial charge is 1.00 e. The van der Waals surface area contributed by atoms with Gasteiger partial charge in [-0.1, -0.05) is 54.1 Å². The fourth-order valence-electron chi connectivity index (χ4n) is 4.35. The van der Waals surface area contributed by atoms with Crippen LogP contribution < -0.4 is 39.4 Å². The molecule has 1 aliphatic heterocycles. The fraction of sp³-hybridized carbons (Fsp3) is 0.185. The van der Waals surface area contributed by atoms with Gasteiger partial charge in [-0.25, -0.2) is 0 Å². The average Bonchev–Trinajstić information content (AvgIpc) is 3.25. The van der Waals surface area contributed by atoms with Crippen LogP contribution in [-0.2, 0) is 9.53 Å². The monoisotopic (exact) mass is 545 g/mol. The van der Waals surface area contributed by atoms with Crippen LogP contribution in [-0.4, -0.2) is 62.3 Å². The molecule has 5 rings (SSSR count). The normalized spacial score (nSPS) is 23.0. The van der Waals surface area contributed by atoms with E-state index in [1.165, 1.54) is 0 Å². The molecule has 0 bridgehead atoms. The van der Waals surface area contributed by atoms with Gasteiger partial charge in [0.25, 0.3) is 0 Å². The number of aromatic nitrogens is 1. The van der Waals surface area contributed by atoms with Crippen LogP contribution >= 0.6 is 11.6 Å².